The molecule has 1 aromatic carbocycles. The molecule has 1 unspecified atom stereocenters. The van der Waals surface area contributed by atoms with Gasteiger partial charge < -0.3 is 0 Å². The van der Waals surface area contributed by atoms with E-state index >= 15 is 0 Å². The van der Waals surface area contributed by atoms with Gasteiger partial charge in [-0.1, -0.05) is 36.8 Å². The minimum absolute atomic E-state index is 0.182. The van der Waals surface area contributed by atoms with Crippen LogP contribution in [-0.4, -0.2) is 11.0 Å². The Morgan fingerprint density at radius 1 is 1.32 bits per heavy atom. The zero-order valence-electron chi connectivity index (χ0n) is 10.9. The first-order chi connectivity index (χ1) is 9.35. The number of nitrogens with two attached hydrogens (primary N) is 1. The molecule has 0 bridgehead atoms. The lowest BCUT2D eigenvalue weighted by molar-refractivity contribution is 0.168. The van der Waals surface area contributed by atoms with Gasteiger partial charge in [0.25, 0.3) is 0 Å². The second-order valence-electron chi connectivity index (χ2n) is 5.22. The number of benzene rings is 1. The van der Waals surface area contributed by atoms with Gasteiger partial charge in [-0.25, -0.2) is 4.98 Å². The Hall–Kier alpha value is -1.23. The molecule has 3 nitrogen and oxygen atoms in total. The average Bonchev–Trinajstić information content (AvgIpc) is 2.90. The van der Waals surface area contributed by atoms with Gasteiger partial charge in [0.1, 0.15) is 0 Å². The fourth-order valence-electron chi connectivity index (χ4n) is 3.11. The van der Waals surface area contributed by atoms with E-state index in [0.29, 0.717) is 0 Å². The first kappa shape index (κ1) is 12.8. The molecule has 2 aromatic rings. The van der Waals surface area contributed by atoms with Gasteiger partial charge in [-0.15, -0.1) is 11.3 Å². The van der Waals surface area contributed by atoms with Crippen molar-refractivity contribution in [1.29, 1.82) is 0 Å². The highest BCUT2D eigenvalue weighted by molar-refractivity contribution is 7.09. The summed E-state index contributed by atoms with van der Waals surface area (Å²) in [5.41, 5.74) is 4.63. The van der Waals surface area contributed by atoms with Crippen LogP contribution in [0.15, 0.2) is 41.9 Å². The highest BCUT2D eigenvalue weighted by Crippen LogP contribution is 2.47. The van der Waals surface area contributed by atoms with E-state index in [1.165, 1.54) is 24.8 Å². The Morgan fingerprint density at radius 3 is 2.63 bits per heavy atom. The van der Waals surface area contributed by atoms with E-state index in [1.54, 1.807) is 11.3 Å². The van der Waals surface area contributed by atoms with Crippen molar-refractivity contribution in [2.45, 2.75) is 37.1 Å². The van der Waals surface area contributed by atoms with Crippen molar-refractivity contribution in [2.24, 2.45) is 5.84 Å². The summed E-state index contributed by atoms with van der Waals surface area (Å²) in [5, 5.41) is 3.18. The average molecular weight is 273 g/mol. The molecule has 0 saturated heterocycles. The Balaban J connectivity index is 1.87. The van der Waals surface area contributed by atoms with E-state index in [9.17, 15) is 0 Å². The Bertz CT molecular complexity index is 505. The monoisotopic (exact) mass is 273 g/mol. The lowest BCUT2D eigenvalue weighted by atomic mass is 9.59. The molecule has 1 fully saturated rings. The summed E-state index contributed by atoms with van der Waals surface area (Å²) in [6.07, 6.45) is 6.46. The molecule has 1 heterocycles. The van der Waals surface area contributed by atoms with Gasteiger partial charge in [0.05, 0.1) is 5.01 Å². The van der Waals surface area contributed by atoms with E-state index in [0.717, 1.165) is 11.4 Å². The summed E-state index contributed by atoms with van der Waals surface area (Å²) in [4.78, 5) is 4.39. The van der Waals surface area contributed by atoms with Crippen LogP contribution in [0.1, 0.15) is 29.8 Å². The van der Waals surface area contributed by atoms with Crippen LogP contribution in [0, 0.1) is 0 Å². The van der Waals surface area contributed by atoms with Crippen molar-refractivity contribution in [3.05, 3.63) is 52.5 Å². The molecule has 19 heavy (non-hydrogen) atoms. The summed E-state index contributed by atoms with van der Waals surface area (Å²) in [5.74, 6) is 5.85. The maximum absolute atomic E-state index is 5.85. The van der Waals surface area contributed by atoms with Crippen LogP contribution in [-0.2, 0) is 11.8 Å². The van der Waals surface area contributed by atoms with Gasteiger partial charge in [0.15, 0.2) is 0 Å². The number of rotatable bonds is 5. The minimum atomic E-state index is 0.182. The summed E-state index contributed by atoms with van der Waals surface area (Å²) >= 11 is 1.71. The van der Waals surface area contributed by atoms with E-state index < -0.39 is 0 Å². The third kappa shape index (κ3) is 2.31. The molecule has 1 aromatic heterocycles. The molecule has 3 rings (SSSR count). The van der Waals surface area contributed by atoms with Crippen molar-refractivity contribution in [1.82, 2.24) is 10.4 Å². The van der Waals surface area contributed by atoms with Crippen molar-refractivity contribution in [3.8, 4) is 0 Å². The topological polar surface area (TPSA) is 50.9 Å². The SMILES string of the molecule is NNC(Cc1nccs1)C1(c2ccccc2)CCC1. The zero-order valence-corrected chi connectivity index (χ0v) is 11.7. The molecule has 1 aliphatic carbocycles. The third-order valence-electron chi connectivity index (χ3n) is 4.32. The molecule has 1 aliphatic rings. The molecular formula is C15H19N3S. The minimum Gasteiger partial charge on any atom is -0.271 e. The van der Waals surface area contributed by atoms with Gasteiger partial charge in [-0.3, -0.25) is 11.3 Å². The second-order valence-corrected chi connectivity index (χ2v) is 6.20. The largest absolute Gasteiger partial charge is 0.271 e. The first-order valence-corrected chi connectivity index (χ1v) is 7.63. The first-order valence-electron chi connectivity index (χ1n) is 6.75. The number of hydrogen-bond acceptors (Lipinski definition) is 4. The van der Waals surface area contributed by atoms with E-state index in [1.807, 2.05) is 11.6 Å². The molecule has 3 N–H and O–H groups in total. The smallest absolute Gasteiger partial charge is 0.0941 e. The number of aromatic nitrogens is 1. The summed E-state index contributed by atoms with van der Waals surface area (Å²) < 4.78 is 0. The molecule has 0 aliphatic heterocycles. The van der Waals surface area contributed by atoms with Gasteiger partial charge in [0, 0.05) is 29.5 Å². The summed E-state index contributed by atoms with van der Waals surface area (Å²) in [7, 11) is 0. The van der Waals surface area contributed by atoms with E-state index in [2.05, 4.69) is 40.7 Å². The molecule has 0 spiro atoms. The lowest BCUT2D eigenvalue weighted by Crippen LogP contribution is -2.56. The Labute approximate surface area is 117 Å². The highest BCUT2D eigenvalue weighted by Gasteiger charge is 2.45. The number of hydrazine groups is 1. The molecule has 0 radical (unpaired) electrons. The number of nitrogens with zero attached hydrogens (tertiary/aromatic N) is 1. The van der Waals surface area contributed by atoms with Gasteiger partial charge in [-0.2, -0.15) is 0 Å². The fraction of sp³-hybridized carbons (Fsp3) is 0.400. The molecular weight excluding hydrogens is 254 g/mol. The van der Waals surface area contributed by atoms with Crippen molar-refractivity contribution in [3.63, 3.8) is 0 Å². The van der Waals surface area contributed by atoms with E-state index in [4.69, 9.17) is 5.84 Å². The van der Waals surface area contributed by atoms with Crippen LogP contribution < -0.4 is 11.3 Å². The zero-order chi connectivity index (χ0) is 13.1. The van der Waals surface area contributed by atoms with Crippen LogP contribution in [0.5, 0.6) is 0 Å². The maximum atomic E-state index is 5.85. The quantitative estimate of drug-likeness (QED) is 0.650. The molecule has 4 heteroatoms. The van der Waals surface area contributed by atoms with Gasteiger partial charge in [-0.05, 0) is 18.4 Å². The van der Waals surface area contributed by atoms with Crippen molar-refractivity contribution in [2.75, 3.05) is 0 Å². The summed E-state index contributed by atoms with van der Waals surface area (Å²) in [6, 6.07) is 11.0. The maximum Gasteiger partial charge on any atom is 0.0941 e. The van der Waals surface area contributed by atoms with Gasteiger partial charge >= 0.3 is 0 Å². The molecule has 100 valence electrons. The van der Waals surface area contributed by atoms with E-state index in [-0.39, 0.29) is 11.5 Å². The normalized spacial score (nSPS) is 18.8. The fourth-order valence-corrected chi connectivity index (χ4v) is 3.77. The van der Waals surface area contributed by atoms with Crippen LogP contribution in [0.3, 0.4) is 0 Å². The highest BCUT2D eigenvalue weighted by atomic mass is 32.1. The Morgan fingerprint density at radius 2 is 2.11 bits per heavy atom. The van der Waals surface area contributed by atoms with Gasteiger partial charge in [0.2, 0.25) is 0 Å². The van der Waals surface area contributed by atoms with Crippen LogP contribution in [0.2, 0.25) is 0 Å². The lowest BCUT2D eigenvalue weighted by Gasteiger charge is -2.48. The second kappa shape index (κ2) is 5.41. The Kier molecular flexibility index (Phi) is 3.64. The molecule has 0 amide bonds. The summed E-state index contributed by atoms with van der Waals surface area (Å²) in [6.45, 7) is 0. The number of hydrogen-bond donors (Lipinski definition) is 2. The number of thiazole rings is 1. The molecule has 1 saturated carbocycles. The van der Waals surface area contributed by atoms with Crippen LogP contribution >= 0.6 is 11.3 Å². The van der Waals surface area contributed by atoms with Crippen LogP contribution in [0.4, 0.5) is 0 Å². The predicted octanol–water partition coefficient (Wildman–Crippen LogP) is 2.64. The predicted molar refractivity (Wildman–Crippen MR) is 78.9 cm³/mol. The standard InChI is InChI=1S/C15H19N3S/c16-18-13(11-14-17-9-10-19-14)15(7-4-8-15)12-5-2-1-3-6-12/h1-3,5-6,9-10,13,18H,4,7-8,11,16H2. The van der Waals surface area contributed by atoms with Crippen molar-refractivity contribution >= 4 is 11.3 Å². The van der Waals surface area contributed by atoms with Crippen LogP contribution in [0.25, 0.3) is 0 Å². The van der Waals surface area contributed by atoms with Crippen molar-refractivity contribution < 1.29 is 0 Å². The number of nitrogens with one attached hydrogen (secondary N) is 1. The molecule has 1 atom stereocenters. The third-order valence-corrected chi connectivity index (χ3v) is 5.13.